The fourth-order valence-electron chi connectivity index (χ4n) is 3.14. The molecule has 2 N–H and O–H groups in total. The molecule has 0 spiro atoms. The summed E-state index contributed by atoms with van der Waals surface area (Å²) in [7, 11) is 0. The monoisotopic (exact) mass is 339 g/mol. The molecule has 134 valence electrons. The van der Waals surface area contributed by atoms with Gasteiger partial charge in [-0.25, -0.2) is 0 Å². The van der Waals surface area contributed by atoms with E-state index in [0.717, 1.165) is 47.3 Å². The lowest BCUT2D eigenvalue weighted by Gasteiger charge is -2.15. The summed E-state index contributed by atoms with van der Waals surface area (Å²) in [5, 5.41) is 13.4. The Kier molecular flexibility index (Phi) is 6.24. The molecule has 0 atom stereocenters. The van der Waals surface area contributed by atoms with Crippen molar-refractivity contribution in [2.24, 2.45) is 0 Å². The van der Waals surface area contributed by atoms with E-state index >= 15 is 0 Å². The van der Waals surface area contributed by atoms with Crippen molar-refractivity contribution in [1.82, 2.24) is 0 Å². The molecule has 25 heavy (non-hydrogen) atoms. The van der Waals surface area contributed by atoms with Crippen molar-refractivity contribution < 1.29 is 9.90 Å². The second-order valence-electron chi connectivity index (χ2n) is 7.02. The molecule has 0 bridgehead atoms. The minimum atomic E-state index is 0.0111. The third-order valence-electron chi connectivity index (χ3n) is 4.53. The van der Waals surface area contributed by atoms with E-state index < -0.39 is 0 Å². The maximum Gasteiger partial charge on any atom is 0.193 e. The number of carbonyl (C=O) groups is 1. The molecule has 0 aliphatic carbocycles. The Morgan fingerprint density at radius 1 is 1.12 bits per heavy atom. The zero-order valence-electron chi connectivity index (χ0n) is 15.9. The molecule has 2 aromatic carbocycles. The Hall–Kier alpha value is -2.29. The number of anilines is 1. The fraction of sp³-hybridized carbons (Fsp3) is 0.409. The summed E-state index contributed by atoms with van der Waals surface area (Å²) in [6, 6.07) is 9.22. The number of benzene rings is 2. The first-order chi connectivity index (χ1) is 11.8. The summed E-state index contributed by atoms with van der Waals surface area (Å²) in [4.78, 5) is 13.0. The lowest BCUT2D eigenvalue weighted by Crippen LogP contribution is -2.09. The first-order valence-electron chi connectivity index (χ1n) is 9.07. The number of rotatable bonds is 7. The van der Waals surface area contributed by atoms with Crippen molar-refractivity contribution in [3.05, 3.63) is 58.1 Å². The van der Waals surface area contributed by atoms with Crippen molar-refractivity contribution in [1.29, 1.82) is 0 Å². The minimum Gasteiger partial charge on any atom is -0.508 e. The van der Waals surface area contributed by atoms with Gasteiger partial charge in [-0.2, -0.15) is 0 Å². The van der Waals surface area contributed by atoms with E-state index in [1.54, 1.807) is 12.1 Å². The van der Waals surface area contributed by atoms with E-state index in [1.807, 2.05) is 45.9 Å². The highest BCUT2D eigenvalue weighted by Gasteiger charge is 2.17. The zero-order valence-corrected chi connectivity index (χ0v) is 15.9. The van der Waals surface area contributed by atoms with Crippen LogP contribution in [0.1, 0.15) is 72.1 Å². The van der Waals surface area contributed by atoms with E-state index in [2.05, 4.69) is 12.2 Å². The van der Waals surface area contributed by atoms with E-state index in [-0.39, 0.29) is 17.5 Å². The van der Waals surface area contributed by atoms with Gasteiger partial charge in [0.15, 0.2) is 5.78 Å². The van der Waals surface area contributed by atoms with E-state index in [9.17, 15) is 9.90 Å². The molecule has 0 heterocycles. The van der Waals surface area contributed by atoms with Crippen LogP contribution >= 0.6 is 0 Å². The summed E-state index contributed by atoms with van der Waals surface area (Å²) >= 11 is 0. The topological polar surface area (TPSA) is 49.3 Å². The van der Waals surface area contributed by atoms with Gasteiger partial charge < -0.3 is 10.4 Å². The fourth-order valence-corrected chi connectivity index (χ4v) is 3.14. The van der Waals surface area contributed by atoms with Gasteiger partial charge in [0.2, 0.25) is 0 Å². The largest absolute Gasteiger partial charge is 0.508 e. The summed E-state index contributed by atoms with van der Waals surface area (Å²) in [6.07, 6.45) is 2.28. The second-order valence-corrected chi connectivity index (χ2v) is 7.02. The maximum atomic E-state index is 13.0. The van der Waals surface area contributed by atoms with E-state index in [1.165, 1.54) is 0 Å². The minimum absolute atomic E-state index is 0.0111. The molecule has 0 saturated heterocycles. The van der Waals surface area contributed by atoms with Crippen molar-refractivity contribution in [3.8, 4) is 5.75 Å². The van der Waals surface area contributed by atoms with Crippen LogP contribution in [0.5, 0.6) is 5.75 Å². The van der Waals surface area contributed by atoms with Gasteiger partial charge in [-0.15, -0.1) is 0 Å². The zero-order chi connectivity index (χ0) is 18.6. The van der Waals surface area contributed by atoms with Crippen LogP contribution in [0.25, 0.3) is 0 Å². The van der Waals surface area contributed by atoms with Crippen molar-refractivity contribution >= 4 is 11.5 Å². The number of nitrogens with one attached hydrogen (secondary N) is 1. The molecule has 0 aliphatic rings. The SMILES string of the molecule is CCCCNc1cc(C)c(C(=O)c2ccc(O)c(C(C)C)c2)c(C)c1. The summed E-state index contributed by atoms with van der Waals surface area (Å²) in [5.74, 6) is 0.424. The third-order valence-corrected chi connectivity index (χ3v) is 4.53. The normalized spacial score (nSPS) is 11.0. The van der Waals surface area contributed by atoms with Crippen molar-refractivity contribution in [3.63, 3.8) is 0 Å². The predicted octanol–water partition coefficient (Wildman–Crippen LogP) is 5.58. The van der Waals surface area contributed by atoms with E-state index in [4.69, 9.17) is 0 Å². The van der Waals surface area contributed by atoms with Gasteiger partial charge in [-0.3, -0.25) is 4.79 Å². The molecule has 0 radical (unpaired) electrons. The Morgan fingerprint density at radius 3 is 2.32 bits per heavy atom. The van der Waals surface area contributed by atoms with Crippen molar-refractivity contribution in [2.45, 2.75) is 53.4 Å². The van der Waals surface area contributed by atoms with Crippen LogP contribution in [-0.2, 0) is 0 Å². The van der Waals surface area contributed by atoms with Crippen LogP contribution in [0.2, 0.25) is 0 Å². The quantitative estimate of drug-likeness (QED) is 0.512. The molecule has 0 amide bonds. The number of phenols is 1. The van der Waals surface area contributed by atoms with E-state index in [0.29, 0.717) is 5.56 Å². The van der Waals surface area contributed by atoms with Crippen LogP contribution in [0.15, 0.2) is 30.3 Å². The second kappa shape index (κ2) is 8.19. The summed E-state index contributed by atoms with van der Waals surface area (Å²) in [5.41, 5.74) is 5.19. The summed E-state index contributed by atoms with van der Waals surface area (Å²) < 4.78 is 0. The molecule has 0 aromatic heterocycles. The van der Waals surface area contributed by atoms with Gasteiger partial charge in [0.05, 0.1) is 0 Å². The predicted molar refractivity (Wildman–Crippen MR) is 105 cm³/mol. The highest BCUT2D eigenvalue weighted by atomic mass is 16.3. The van der Waals surface area contributed by atoms with Crippen LogP contribution in [0.4, 0.5) is 5.69 Å². The molecule has 0 aliphatic heterocycles. The Labute approximate surface area is 151 Å². The highest BCUT2D eigenvalue weighted by molar-refractivity contribution is 6.11. The van der Waals surface area contributed by atoms with Crippen molar-refractivity contribution in [2.75, 3.05) is 11.9 Å². The Bertz CT molecular complexity index is 740. The molecule has 3 heteroatoms. The molecular formula is C22H29NO2. The third kappa shape index (κ3) is 4.41. The number of hydrogen-bond donors (Lipinski definition) is 2. The number of hydrogen-bond acceptors (Lipinski definition) is 3. The number of aryl methyl sites for hydroxylation is 2. The van der Waals surface area contributed by atoms with Gasteiger partial charge in [-0.1, -0.05) is 27.2 Å². The van der Waals surface area contributed by atoms with Gasteiger partial charge in [-0.05, 0) is 73.2 Å². The number of phenolic OH excluding ortho intramolecular Hbond substituents is 1. The molecule has 2 rings (SSSR count). The number of aromatic hydroxyl groups is 1. The molecule has 0 saturated carbocycles. The molecule has 3 nitrogen and oxygen atoms in total. The van der Waals surface area contributed by atoms with Crippen LogP contribution in [0.3, 0.4) is 0 Å². The molecule has 2 aromatic rings. The van der Waals surface area contributed by atoms with Gasteiger partial charge in [0.1, 0.15) is 5.75 Å². The average Bonchev–Trinajstić information content (AvgIpc) is 2.54. The molecule has 0 fully saturated rings. The Balaban J connectivity index is 2.35. The lowest BCUT2D eigenvalue weighted by atomic mass is 9.91. The van der Waals surface area contributed by atoms with Crippen LogP contribution in [-0.4, -0.2) is 17.4 Å². The summed E-state index contributed by atoms with van der Waals surface area (Å²) in [6.45, 7) is 11.1. The molecular weight excluding hydrogens is 310 g/mol. The van der Waals surface area contributed by atoms with Crippen LogP contribution in [0, 0.1) is 13.8 Å². The first kappa shape index (κ1) is 19.0. The smallest absolute Gasteiger partial charge is 0.193 e. The van der Waals surface area contributed by atoms with Gasteiger partial charge in [0, 0.05) is 23.4 Å². The number of carbonyl (C=O) groups excluding carboxylic acids is 1. The lowest BCUT2D eigenvalue weighted by molar-refractivity contribution is 0.103. The molecule has 0 unspecified atom stereocenters. The highest BCUT2D eigenvalue weighted by Crippen LogP contribution is 2.29. The number of ketones is 1. The van der Waals surface area contributed by atoms with Gasteiger partial charge >= 0.3 is 0 Å². The Morgan fingerprint density at radius 2 is 1.76 bits per heavy atom. The maximum absolute atomic E-state index is 13.0. The standard InChI is InChI=1S/C22H29NO2/c1-6-7-10-23-18-11-15(4)21(16(5)12-18)22(25)17-8-9-20(24)19(13-17)14(2)3/h8-9,11-14,23-24H,6-7,10H2,1-5H3. The number of unbranched alkanes of at least 4 members (excludes halogenated alkanes) is 1. The first-order valence-corrected chi connectivity index (χ1v) is 9.07. The average molecular weight is 339 g/mol. The van der Waals surface area contributed by atoms with Crippen LogP contribution < -0.4 is 5.32 Å². The van der Waals surface area contributed by atoms with Gasteiger partial charge in [0.25, 0.3) is 0 Å².